The minimum atomic E-state index is -1.16. The van der Waals surface area contributed by atoms with Crippen molar-refractivity contribution in [3.63, 3.8) is 0 Å². The van der Waals surface area contributed by atoms with E-state index in [2.05, 4.69) is 5.10 Å². The molecule has 0 saturated heterocycles. The molecule has 4 nitrogen and oxygen atoms in total. The molecule has 0 fully saturated rings. The molecular formula is C11H8F2N2O2. The molecule has 0 bridgehead atoms. The predicted octanol–water partition coefficient (Wildman–Crippen LogP) is 1.91. The van der Waals surface area contributed by atoms with Crippen molar-refractivity contribution in [2.75, 3.05) is 0 Å². The van der Waals surface area contributed by atoms with E-state index in [-0.39, 0.29) is 17.8 Å². The van der Waals surface area contributed by atoms with Gasteiger partial charge in [-0.3, -0.25) is 4.68 Å². The molecule has 0 radical (unpaired) electrons. The highest BCUT2D eigenvalue weighted by Crippen LogP contribution is 2.11. The lowest BCUT2D eigenvalue weighted by atomic mass is 10.2. The number of benzene rings is 1. The van der Waals surface area contributed by atoms with E-state index in [1.54, 1.807) is 0 Å². The largest absolute Gasteiger partial charge is 0.476 e. The van der Waals surface area contributed by atoms with Crippen LogP contribution in [-0.2, 0) is 6.54 Å². The van der Waals surface area contributed by atoms with Crippen LogP contribution in [0.1, 0.15) is 16.1 Å². The summed E-state index contributed by atoms with van der Waals surface area (Å²) >= 11 is 0. The number of carboxylic acids is 1. The van der Waals surface area contributed by atoms with Crippen LogP contribution in [0.4, 0.5) is 8.78 Å². The maximum absolute atomic E-state index is 13.3. The number of hydrogen-bond donors (Lipinski definition) is 1. The zero-order valence-electron chi connectivity index (χ0n) is 8.60. The summed E-state index contributed by atoms with van der Waals surface area (Å²) in [5, 5.41) is 12.4. The van der Waals surface area contributed by atoms with Crippen LogP contribution in [0.2, 0.25) is 0 Å². The summed E-state index contributed by atoms with van der Waals surface area (Å²) in [6, 6.07) is 4.38. The lowest BCUT2D eigenvalue weighted by Crippen LogP contribution is -2.05. The van der Waals surface area contributed by atoms with Crippen molar-refractivity contribution < 1.29 is 18.7 Å². The Kier molecular flexibility index (Phi) is 2.86. The molecule has 88 valence electrons. The quantitative estimate of drug-likeness (QED) is 0.888. The van der Waals surface area contributed by atoms with Crippen molar-refractivity contribution in [1.29, 1.82) is 0 Å². The Morgan fingerprint density at radius 3 is 2.76 bits per heavy atom. The second kappa shape index (κ2) is 4.32. The van der Waals surface area contributed by atoms with E-state index in [1.165, 1.54) is 16.9 Å². The summed E-state index contributed by atoms with van der Waals surface area (Å²) in [5.74, 6) is -2.27. The summed E-state index contributed by atoms with van der Waals surface area (Å²) in [7, 11) is 0. The topological polar surface area (TPSA) is 55.1 Å². The van der Waals surface area contributed by atoms with Gasteiger partial charge in [0.05, 0.1) is 6.54 Å². The molecule has 0 saturated carbocycles. The van der Waals surface area contributed by atoms with E-state index < -0.39 is 17.6 Å². The number of carbonyl (C=O) groups is 1. The van der Waals surface area contributed by atoms with Crippen molar-refractivity contribution in [2.24, 2.45) is 0 Å². The Balaban J connectivity index is 2.25. The highest BCUT2D eigenvalue weighted by molar-refractivity contribution is 5.85. The predicted molar refractivity (Wildman–Crippen MR) is 54.6 cm³/mol. The highest BCUT2D eigenvalue weighted by Gasteiger charge is 2.09. The van der Waals surface area contributed by atoms with E-state index in [1.807, 2.05) is 0 Å². The van der Waals surface area contributed by atoms with Gasteiger partial charge in [-0.05, 0) is 24.3 Å². The number of nitrogens with zero attached hydrogens (tertiary/aromatic N) is 2. The number of aromatic nitrogens is 2. The fraction of sp³-hybridized carbons (Fsp3) is 0.0909. The molecule has 6 heteroatoms. The zero-order chi connectivity index (χ0) is 12.4. The third-order valence-electron chi connectivity index (χ3n) is 2.20. The van der Waals surface area contributed by atoms with E-state index in [4.69, 9.17) is 5.11 Å². The smallest absolute Gasteiger partial charge is 0.356 e. The standard InChI is InChI=1S/C11H8F2N2O2/c12-8-1-2-9(13)7(5-8)6-15-4-3-10(14-15)11(16)17/h1-5H,6H2,(H,16,17). The van der Waals surface area contributed by atoms with Gasteiger partial charge in [0, 0.05) is 11.8 Å². The molecule has 0 atom stereocenters. The first-order valence-electron chi connectivity index (χ1n) is 4.77. The van der Waals surface area contributed by atoms with Crippen molar-refractivity contribution in [3.05, 3.63) is 53.4 Å². The number of rotatable bonds is 3. The molecule has 1 aromatic heterocycles. The van der Waals surface area contributed by atoms with Crippen LogP contribution in [-0.4, -0.2) is 20.9 Å². The lowest BCUT2D eigenvalue weighted by Gasteiger charge is -2.03. The number of halogens is 2. The fourth-order valence-corrected chi connectivity index (χ4v) is 1.40. The SMILES string of the molecule is O=C(O)c1ccn(Cc2cc(F)ccc2F)n1. The minimum Gasteiger partial charge on any atom is -0.476 e. The first-order chi connectivity index (χ1) is 8.06. The van der Waals surface area contributed by atoms with Gasteiger partial charge in [0.1, 0.15) is 11.6 Å². The van der Waals surface area contributed by atoms with Gasteiger partial charge in [0.15, 0.2) is 5.69 Å². The molecule has 0 aliphatic rings. The molecular weight excluding hydrogens is 230 g/mol. The van der Waals surface area contributed by atoms with Crippen molar-refractivity contribution in [3.8, 4) is 0 Å². The van der Waals surface area contributed by atoms with Gasteiger partial charge in [0.25, 0.3) is 0 Å². The van der Waals surface area contributed by atoms with Crippen LogP contribution in [0.15, 0.2) is 30.5 Å². The third-order valence-corrected chi connectivity index (χ3v) is 2.20. The number of hydrogen-bond acceptors (Lipinski definition) is 2. The lowest BCUT2D eigenvalue weighted by molar-refractivity contribution is 0.0689. The molecule has 0 aliphatic carbocycles. The summed E-state index contributed by atoms with van der Waals surface area (Å²) in [5.41, 5.74) is -0.0214. The van der Waals surface area contributed by atoms with Gasteiger partial charge < -0.3 is 5.11 Å². The van der Waals surface area contributed by atoms with Gasteiger partial charge >= 0.3 is 5.97 Å². The maximum Gasteiger partial charge on any atom is 0.356 e. The van der Waals surface area contributed by atoms with Gasteiger partial charge in [-0.2, -0.15) is 5.10 Å². The van der Waals surface area contributed by atoms with Crippen LogP contribution >= 0.6 is 0 Å². The second-order valence-corrected chi connectivity index (χ2v) is 3.44. The van der Waals surface area contributed by atoms with Crippen molar-refractivity contribution in [2.45, 2.75) is 6.54 Å². The first kappa shape index (κ1) is 11.3. The Bertz CT molecular complexity index is 566. The minimum absolute atomic E-state index is 0.0170. The zero-order valence-corrected chi connectivity index (χ0v) is 8.60. The fourth-order valence-electron chi connectivity index (χ4n) is 1.40. The number of aromatic carboxylic acids is 1. The van der Waals surface area contributed by atoms with Crippen LogP contribution in [0.25, 0.3) is 0 Å². The average molecular weight is 238 g/mol. The van der Waals surface area contributed by atoms with Crippen molar-refractivity contribution in [1.82, 2.24) is 9.78 Å². The Hall–Kier alpha value is -2.24. The molecule has 0 aliphatic heterocycles. The van der Waals surface area contributed by atoms with E-state index in [9.17, 15) is 13.6 Å². The van der Waals surface area contributed by atoms with Crippen LogP contribution in [0.5, 0.6) is 0 Å². The van der Waals surface area contributed by atoms with E-state index >= 15 is 0 Å². The average Bonchev–Trinajstić information content (AvgIpc) is 2.72. The molecule has 0 amide bonds. The highest BCUT2D eigenvalue weighted by atomic mass is 19.1. The molecule has 1 N–H and O–H groups in total. The molecule has 2 rings (SSSR count). The molecule has 1 aromatic carbocycles. The molecule has 2 aromatic rings. The van der Waals surface area contributed by atoms with Crippen LogP contribution in [0.3, 0.4) is 0 Å². The van der Waals surface area contributed by atoms with Crippen molar-refractivity contribution >= 4 is 5.97 Å². The van der Waals surface area contributed by atoms with E-state index in [0.29, 0.717) is 0 Å². The monoisotopic (exact) mass is 238 g/mol. The van der Waals surface area contributed by atoms with Gasteiger partial charge in [-0.15, -0.1) is 0 Å². The van der Waals surface area contributed by atoms with Gasteiger partial charge in [0.2, 0.25) is 0 Å². The number of carboxylic acid groups (broad SMARTS) is 1. The molecule has 17 heavy (non-hydrogen) atoms. The Labute approximate surface area is 95.1 Å². The Morgan fingerprint density at radius 1 is 1.35 bits per heavy atom. The molecule has 0 spiro atoms. The molecule has 0 unspecified atom stereocenters. The molecule has 1 heterocycles. The van der Waals surface area contributed by atoms with Gasteiger partial charge in [-0.1, -0.05) is 0 Å². The maximum atomic E-state index is 13.3. The summed E-state index contributed by atoms with van der Waals surface area (Å²) in [4.78, 5) is 10.6. The normalized spacial score (nSPS) is 10.5. The summed E-state index contributed by atoms with van der Waals surface area (Å²) in [6.07, 6.45) is 1.40. The van der Waals surface area contributed by atoms with Crippen LogP contribution in [0, 0.1) is 11.6 Å². The third kappa shape index (κ3) is 2.47. The summed E-state index contributed by atoms with van der Waals surface area (Å²) < 4.78 is 27.4. The Morgan fingerprint density at radius 2 is 2.12 bits per heavy atom. The second-order valence-electron chi connectivity index (χ2n) is 3.44. The van der Waals surface area contributed by atoms with Gasteiger partial charge in [-0.25, -0.2) is 13.6 Å². The van der Waals surface area contributed by atoms with E-state index in [0.717, 1.165) is 18.2 Å². The summed E-state index contributed by atoms with van der Waals surface area (Å²) in [6.45, 7) is -0.0170. The van der Waals surface area contributed by atoms with Crippen LogP contribution < -0.4 is 0 Å². The first-order valence-corrected chi connectivity index (χ1v) is 4.77.